The zero-order valence-corrected chi connectivity index (χ0v) is 18.3. The fraction of sp³-hybridized carbons (Fsp3) is 0.667. The van der Waals surface area contributed by atoms with E-state index in [1.807, 2.05) is 31.4 Å². The van der Waals surface area contributed by atoms with Crippen molar-refractivity contribution in [2.75, 3.05) is 25.4 Å². The lowest BCUT2D eigenvalue weighted by atomic mass is 10.1. The summed E-state index contributed by atoms with van der Waals surface area (Å²) in [6.07, 6.45) is 7.01. The third kappa shape index (κ3) is 3.83. The zero-order valence-electron chi connectivity index (χ0n) is 18.3. The largest absolute Gasteiger partial charge is 0.382 e. The lowest BCUT2D eigenvalue weighted by molar-refractivity contribution is -0.198. The van der Waals surface area contributed by atoms with Crippen molar-refractivity contribution in [3.05, 3.63) is 24.3 Å². The van der Waals surface area contributed by atoms with E-state index in [2.05, 4.69) is 25.9 Å². The Labute approximate surface area is 181 Å². The van der Waals surface area contributed by atoms with Crippen molar-refractivity contribution in [3.63, 3.8) is 0 Å². The van der Waals surface area contributed by atoms with Gasteiger partial charge in [-0.2, -0.15) is 0 Å². The van der Waals surface area contributed by atoms with Crippen LogP contribution in [0.5, 0.6) is 0 Å². The average Bonchev–Trinajstić information content (AvgIpc) is 3.35. The normalized spacial score (nSPS) is 30.1. The van der Waals surface area contributed by atoms with E-state index < -0.39 is 12.0 Å². The van der Waals surface area contributed by atoms with E-state index in [4.69, 9.17) is 25.7 Å². The molecule has 0 radical (unpaired) electrons. The molecule has 0 bridgehead atoms. The van der Waals surface area contributed by atoms with Gasteiger partial charge >= 0.3 is 0 Å². The van der Waals surface area contributed by atoms with Crippen molar-refractivity contribution in [2.45, 2.75) is 70.0 Å². The molecule has 2 aromatic heterocycles. The molecule has 168 valence electrons. The van der Waals surface area contributed by atoms with Crippen LogP contribution in [0.15, 0.2) is 18.5 Å². The Morgan fingerprint density at radius 1 is 1.23 bits per heavy atom. The van der Waals surface area contributed by atoms with Crippen LogP contribution in [0.25, 0.3) is 11.2 Å². The van der Waals surface area contributed by atoms with E-state index in [0.717, 1.165) is 18.9 Å². The summed E-state index contributed by atoms with van der Waals surface area (Å²) in [6.45, 7) is 7.97. The molecule has 3 aliphatic rings. The lowest BCUT2D eigenvalue weighted by Gasteiger charge is -2.28. The van der Waals surface area contributed by atoms with Gasteiger partial charge in [0.1, 0.15) is 30.5 Å². The third-order valence-electron chi connectivity index (χ3n) is 6.18. The van der Waals surface area contributed by atoms with E-state index in [1.165, 1.54) is 19.2 Å². The number of nitrogen functional groups attached to an aromatic ring is 1. The second-order valence-corrected chi connectivity index (χ2v) is 8.98. The van der Waals surface area contributed by atoms with Gasteiger partial charge in [0.2, 0.25) is 0 Å². The summed E-state index contributed by atoms with van der Waals surface area (Å²) in [4.78, 5) is 15.5. The molecular formula is C21H31N7O3. The number of imidazole rings is 1. The van der Waals surface area contributed by atoms with Gasteiger partial charge in [0, 0.05) is 25.7 Å². The second-order valence-electron chi connectivity index (χ2n) is 8.98. The number of aromatic nitrogens is 4. The summed E-state index contributed by atoms with van der Waals surface area (Å²) in [5.74, 6) is 0.427. The number of aryl methyl sites for hydroxylation is 1. The fourth-order valence-electron chi connectivity index (χ4n) is 4.70. The number of nitrogens with zero attached hydrogens (tertiary/aromatic N) is 5. The first kappa shape index (κ1) is 20.8. The molecule has 5 rings (SSSR count). The molecule has 0 spiro atoms. The molecule has 2 aliphatic heterocycles. The molecule has 0 unspecified atom stereocenters. The highest BCUT2D eigenvalue weighted by molar-refractivity contribution is 5.81. The molecule has 4 heterocycles. The van der Waals surface area contributed by atoms with Crippen LogP contribution in [0, 0.1) is 6.92 Å². The third-order valence-corrected chi connectivity index (χ3v) is 6.18. The van der Waals surface area contributed by atoms with Crippen LogP contribution in [-0.2, 0) is 14.2 Å². The molecular weight excluding hydrogens is 398 g/mol. The highest BCUT2D eigenvalue weighted by Crippen LogP contribution is 2.45. The van der Waals surface area contributed by atoms with Gasteiger partial charge in [0.05, 0.1) is 0 Å². The van der Waals surface area contributed by atoms with Gasteiger partial charge < -0.3 is 25.7 Å². The van der Waals surface area contributed by atoms with Crippen molar-refractivity contribution < 1.29 is 14.2 Å². The molecule has 0 aromatic carbocycles. The van der Waals surface area contributed by atoms with Crippen molar-refractivity contribution in [1.82, 2.24) is 24.4 Å². The minimum absolute atomic E-state index is 0.139. The van der Waals surface area contributed by atoms with Crippen LogP contribution in [0.2, 0.25) is 0 Å². The Morgan fingerprint density at radius 3 is 2.74 bits per heavy atom. The van der Waals surface area contributed by atoms with Crippen molar-refractivity contribution in [2.24, 2.45) is 5.73 Å². The minimum atomic E-state index is -0.683. The smallest absolute Gasteiger partial charge is 0.167 e. The molecule has 2 aromatic rings. The summed E-state index contributed by atoms with van der Waals surface area (Å²) < 4.78 is 21.2. The second kappa shape index (κ2) is 7.79. The number of rotatable bonds is 7. The summed E-state index contributed by atoms with van der Waals surface area (Å²) >= 11 is 0. The number of anilines is 1. The monoisotopic (exact) mass is 429 g/mol. The highest BCUT2D eigenvalue weighted by Gasteiger charge is 2.57. The lowest BCUT2D eigenvalue weighted by Crippen LogP contribution is -2.41. The Morgan fingerprint density at radius 2 is 2.00 bits per heavy atom. The van der Waals surface area contributed by atoms with Crippen molar-refractivity contribution in [1.29, 1.82) is 0 Å². The molecule has 1 aliphatic carbocycles. The number of ether oxygens (including phenoxy) is 3. The summed E-state index contributed by atoms with van der Waals surface area (Å²) in [7, 11) is 0. The summed E-state index contributed by atoms with van der Waals surface area (Å²) in [5, 5.41) is 0. The van der Waals surface area contributed by atoms with E-state index in [-0.39, 0.29) is 18.3 Å². The standard InChI is InChI=1S/C21H31N7O3/c1-12-26-15-18(23)24-11-25-19(15)28(12)20-17-16(30-21(2,3)31-17)14(29-20)10-27(13-6-7-13)9-5-4-8-22/h4-5,11,13-14,16-17,20H,6-10,22H2,1-3H3,(H2,23,24,25)/b5-4-/t14-,16-,17-,20-/m1/s1. The van der Waals surface area contributed by atoms with Gasteiger partial charge in [-0.15, -0.1) is 0 Å². The molecule has 4 N–H and O–H groups in total. The van der Waals surface area contributed by atoms with Crippen LogP contribution in [0.3, 0.4) is 0 Å². The first-order valence-corrected chi connectivity index (χ1v) is 10.9. The number of nitrogens with two attached hydrogens (primary N) is 2. The van der Waals surface area contributed by atoms with Gasteiger partial charge in [0.25, 0.3) is 0 Å². The number of hydrogen-bond acceptors (Lipinski definition) is 9. The van der Waals surface area contributed by atoms with E-state index in [9.17, 15) is 0 Å². The Kier molecular flexibility index (Phi) is 5.22. The van der Waals surface area contributed by atoms with Crippen LogP contribution < -0.4 is 11.5 Å². The molecule has 31 heavy (non-hydrogen) atoms. The summed E-state index contributed by atoms with van der Waals surface area (Å²) in [5.41, 5.74) is 12.9. The van der Waals surface area contributed by atoms with Crippen LogP contribution in [0.4, 0.5) is 5.82 Å². The molecule has 4 atom stereocenters. The van der Waals surface area contributed by atoms with E-state index in [1.54, 1.807) is 0 Å². The number of fused-ring (bicyclic) bond motifs is 2. The Bertz CT molecular complexity index is 987. The first-order chi connectivity index (χ1) is 14.9. The van der Waals surface area contributed by atoms with Crippen LogP contribution in [0.1, 0.15) is 38.7 Å². The molecule has 10 nitrogen and oxygen atoms in total. The fourth-order valence-corrected chi connectivity index (χ4v) is 4.70. The van der Waals surface area contributed by atoms with Gasteiger partial charge in [-0.05, 0) is 33.6 Å². The van der Waals surface area contributed by atoms with Gasteiger partial charge in [-0.1, -0.05) is 12.2 Å². The number of hydrogen-bond donors (Lipinski definition) is 2. The van der Waals surface area contributed by atoms with Gasteiger partial charge in [-0.3, -0.25) is 9.47 Å². The highest BCUT2D eigenvalue weighted by atomic mass is 16.8. The maximum atomic E-state index is 6.59. The minimum Gasteiger partial charge on any atom is -0.382 e. The van der Waals surface area contributed by atoms with Crippen molar-refractivity contribution >= 4 is 17.0 Å². The van der Waals surface area contributed by atoms with Crippen LogP contribution >= 0.6 is 0 Å². The maximum absolute atomic E-state index is 6.59. The molecule has 2 saturated heterocycles. The predicted molar refractivity (Wildman–Crippen MR) is 115 cm³/mol. The Hall–Kier alpha value is -2.11. The molecule has 3 fully saturated rings. The topological polar surface area (TPSA) is 127 Å². The van der Waals surface area contributed by atoms with E-state index in [0.29, 0.717) is 29.6 Å². The van der Waals surface area contributed by atoms with Gasteiger partial charge in [0.15, 0.2) is 29.0 Å². The summed E-state index contributed by atoms with van der Waals surface area (Å²) in [6, 6.07) is 0.585. The first-order valence-electron chi connectivity index (χ1n) is 10.9. The Balaban J connectivity index is 1.45. The molecule has 0 amide bonds. The maximum Gasteiger partial charge on any atom is 0.167 e. The quantitative estimate of drug-likeness (QED) is 0.622. The van der Waals surface area contributed by atoms with Crippen molar-refractivity contribution in [3.8, 4) is 0 Å². The predicted octanol–water partition coefficient (Wildman–Crippen LogP) is 1.11. The van der Waals surface area contributed by atoms with Crippen LogP contribution in [-0.4, -0.2) is 74.2 Å². The SMILES string of the molecule is Cc1nc2c(N)ncnc2n1[C@@H]1O[C@H](CN(C/C=C\CN)C2CC2)[C@H]2OC(C)(C)O[C@H]21. The average molecular weight is 430 g/mol. The molecule has 1 saturated carbocycles. The molecule has 10 heteroatoms. The zero-order chi connectivity index (χ0) is 21.8. The van der Waals surface area contributed by atoms with Gasteiger partial charge in [-0.25, -0.2) is 15.0 Å². The van der Waals surface area contributed by atoms with E-state index >= 15 is 0 Å².